The molecule has 0 aliphatic rings. The molecule has 2 aromatic carbocycles. The Balaban J connectivity index is 2.22. The van der Waals surface area contributed by atoms with Crippen molar-refractivity contribution in [3.05, 3.63) is 52.7 Å². The molecule has 0 atom stereocenters. The normalized spacial score (nSPS) is 10.8. The van der Waals surface area contributed by atoms with Gasteiger partial charge in [0, 0.05) is 6.07 Å². The largest absolute Gasteiger partial charge is 0.456 e. The molecular weight excluding hydrogens is 258 g/mol. The standard InChI is InChI=1S/C15H11NO4/c16-8-14(17)19-9-5-6-11-13(7-9)20-12-4-2-1-3-10(12)15(11)18/h1-7H,8,16H2. The van der Waals surface area contributed by atoms with E-state index in [1.54, 1.807) is 36.4 Å². The summed E-state index contributed by atoms with van der Waals surface area (Å²) in [4.78, 5) is 23.4. The molecule has 0 aliphatic heterocycles. The van der Waals surface area contributed by atoms with Crippen molar-refractivity contribution in [1.29, 1.82) is 0 Å². The number of carbonyl (C=O) groups is 1. The highest BCUT2D eigenvalue weighted by atomic mass is 16.5. The number of fused-ring (bicyclic) bond motifs is 2. The molecule has 0 aliphatic carbocycles. The Labute approximate surface area is 113 Å². The Morgan fingerprint density at radius 2 is 1.85 bits per heavy atom. The summed E-state index contributed by atoms with van der Waals surface area (Å²) in [6, 6.07) is 11.6. The molecule has 1 heterocycles. The number of para-hydroxylation sites is 1. The van der Waals surface area contributed by atoms with Crippen molar-refractivity contribution in [1.82, 2.24) is 0 Å². The molecule has 5 heteroatoms. The second kappa shape index (κ2) is 4.79. The molecule has 3 aromatic rings. The quantitative estimate of drug-likeness (QED) is 0.436. The summed E-state index contributed by atoms with van der Waals surface area (Å²) in [5.74, 6) is -0.251. The van der Waals surface area contributed by atoms with E-state index in [4.69, 9.17) is 14.9 Å². The van der Waals surface area contributed by atoms with Crippen LogP contribution in [-0.2, 0) is 4.79 Å². The summed E-state index contributed by atoms with van der Waals surface area (Å²) in [6.45, 7) is -0.209. The van der Waals surface area contributed by atoms with Gasteiger partial charge in [-0.05, 0) is 24.3 Å². The van der Waals surface area contributed by atoms with Gasteiger partial charge in [0.05, 0.1) is 17.3 Å². The van der Waals surface area contributed by atoms with E-state index in [-0.39, 0.29) is 12.0 Å². The van der Waals surface area contributed by atoms with Gasteiger partial charge in [0.25, 0.3) is 0 Å². The summed E-state index contributed by atoms with van der Waals surface area (Å²) in [5.41, 5.74) is 5.93. The first-order valence-electron chi connectivity index (χ1n) is 6.05. The molecule has 0 saturated heterocycles. The van der Waals surface area contributed by atoms with E-state index in [9.17, 15) is 9.59 Å². The molecule has 0 fully saturated rings. The van der Waals surface area contributed by atoms with E-state index < -0.39 is 5.97 Å². The minimum atomic E-state index is -0.549. The third-order valence-electron chi connectivity index (χ3n) is 2.95. The van der Waals surface area contributed by atoms with Crippen molar-refractivity contribution < 1.29 is 13.9 Å². The smallest absolute Gasteiger partial charge is 0.325 e. The van der Waals surface area contributed by atoms with Crippen LogP contribution in [0, 0.1) is 0 Å². The van der Waals surface area contributed by atoms with Crippen molar-refractivity contribution in [3.63, 3.8) is 0 Å². The summed E-state index contributed by atoms with van der Waals surface area (Å²) < 4.78 is 10.7. The van der Waals surface area contributed by atoms with Gasteiger partial charge in [-0.1, -0.05) is 12.1 Å². The van der Waals surface area contributed by atoms with Gasteiger partial charge < -0.3 is 14.9 Å². The van der Waals surface area contributed by atoms with Gasteiger partial charge in [-0.15, -0.1) is 0 Å². The Bertz CT molecular complexity index is 867. The van der Waals surface area contributed by atoms with Crippen LogP contribution in [0.3, 0.4) is 0 Å². The van der Waals surface area contributed by atoms with E-state index in [2.05, 4.69) is 0 Å². The topological polar surface area (TPSA) is 82.5 Å². The molecule has 0 unspecified atom stereocenters. The molecule has 1 aromatic heterocycles. The van der Waals surface area contributed by atoms with Crippen LogP contribution in [0.2, 0.25) is 0 Å². The molecule has 100 valence electrons. The maximum atomic E-state index is 12.3. The molecule has 2 N–H and O–H groups in total. The average molecular weight is 269 g/mol. The van der Waals surface area contributed by atoms with E-state index in [0.29, 0.717) is 27.7 Å². The molecule has 0 spiro atoms. The second-order valence-corrected chi connectivity index (χ2v) is 4.26. The Kier molecular flexibility index (Phi) is 2.96. The predicted octanol–water partition coefficient (Wildman–Crippen LogP) is 1.81. The number of nitrogens with two attached hydrogens (primary N) is 1. The van der Waals surface area contributed by atoms with Crippen LogP contribution in [-0.4, -0.2) is 12.5 Å². The Hall–Kier alpha value is -2.66. The molecular formula is C15H11NO4. The maximum absolute atomic E-state index is 12.3. The first-order valence-corrected chi connectivity index (χ1v) is 6.05. The number of rotatable bonds is 2. The lowest BCUT2D eigenvalue weighted by Crippen LogP contribution is -2.19. The SMILES string of the molecule is NCC(=O)Oc1ccc2c(=O)c3ccccc3oc2c1. The molecule has 3 rings (SSSR count). The van der Waals surface area contributed by atoms with Crippen molar-refractivity contribution in [2.75, 3.05) is 6.54 Å². The summed E-state index contributed by atoms with van der Waals surface area (Å²) >= 11 is 0. The van der Waals surface area contributed by atoms with Crippen LogP contribution in [0.15, 0.2) is 51.7 Å². The van der Waals surface area contributed by atoms with Gasteiger partial charge in [0.1, 0.15) is 16.9 Å². The Morgan fingerprint density at radius 1 is 1.10 bits per heavy atom. The lowest BCUT2D eigenvalue weighted by Gasteiger charge is -2.05. The number of esters is 1. The number of carbonyl (C=O) groups excluding carboxylic acids is 1. The van der Waals surface area contributed by atoms with E-state index >= 15 is 0 Å². The monoisotopic (exact) mass is 269 g/mol. The van der Waals surface area contributed by atoms with Crippen molar-refractivity contribution in [2.24, 2.45) is 5.73 Å². The van der Waals surface area contributed by atoms with E-state index in [0.717, 1.165) is 0 Å². The highest BCUT2D eigenvalue weighted by molar-refractivity contribution is 5.90. The predicted molar refractivity (Wildman–Crippen MR) is 74.7 cm³/mol. The van der Waals surface area contributed by atoms with E-state index in [1.807, 2.05) is 0 Å². The number of hydrogen-bond acceptors (Lipinski definition) is 5. The molecule has 20 heavy (non-hydrogen) atoms. The van der Waals surface area contributed by atoms with Crippen LogP contribution in [0.1, 0.15) is 0 Å². The summed E-state index contributed by atoms with van der Waals surface area (Å²) in [7, 11) is 0. The lowest BCUT2D eigenvalue weighted by atomic mass is 10.1. The first-order chi connectivity index (χ1) is 9.69. The Morgan fingerprint density at radius 3 is 2.65 bits per heavy atom. The zero-order valence-corrected chi connectivity index (χ0v) is 10.5. The van der Waals surface area contributed by atoms with Crippen LogP contribution < -0.4 is 15.9 Å². The van der Waals surface area contributed by atoms with Crippen LogP contribution >= 0.6 is 0 Å². The number of hydrogen-bond donors (Lipinski definition) is 1. The molecule has 5 nitrogen and oxygen atoms in total. The summed E-state index contributed by atoms with van der Waals surface area (Å²) in [5, 5.41) is 0.961. The zero-order chi connectivity index (χ0) is 14.1. The molecule has 0 amide bonds. The van der Waals surface area contributed by atoms with Crippen molar-refractivity contribution in [2.45, 2.75) is 0 Å². The minimum absolute atomic E-state index is 0.112. The fourth-order valence-corrected chi connectivity index (χ4v) is 2.02. The van der Waals surface area contributed by atoms with Gasteiger partial charge in [-0.25, -0.2) is 0 Å². The van der Waals surface area contributed by atoms with Crippen LogP contribution in [0.4, 0.5) is 0 Å². The van der Waals surface area contributed by atoms with Gasteiger partial charge in [-0.2, -0.15) is 0 Å². The first kappa shape index (κ1) is 12.4. The fourth-order valence-electron chi connectivity index (χ4n) is 2.02. The zero-order valence-electron chi connectivity index (χ0n) is 10.5. The molecule has 0 radical (unpaired) electrons. The lowest BCUT2D eigenvalue weighted by molar-refractivity contribution is -0.132. The fraction of sp³-hybridized carbons (Fsp3) is 0.0667. The highest BCUT2D eigenvalue weighted by Gasteiger charge is 2.09. The van der Waals surface area contributed by atoms with Crippen LogP contribution in [0.25, 0.3) is 21.9 Å². The van der Waals surface area contributed by atoms with Gasteiger partial charge in [-0.3, -0.25) is 9.59 Å². The van der Waals surface area contributed by atoms with Crippen molar-refractivity contribution >= 4 is 27.9 Å². The number of ether oxygens (including phenoxy) is 1. The maximum Gasteiger partial charge on any atom is 0.325 e. The van der Waals surface area contributed by atoms with Gasteiger partial charge in [0.15, 0.2) is 0 Å². The third kappa shape index (κ3) is 2.04. The minimum Gasteiger partial charge on any atom is -0.456 e. The second-order valence-electron chi connectivity index (χ2n) is 4.26. The third-order valence-corrected chi connectivity index (χ3v) is 2.95. The average Bonchev–Trinajstić information content (AvgIpc) is 2.47. The van der Waals surface area contributed by atoms with Crippen molar-refractivity contribution in [3.8, 4) is 5.75 Å². The molecule has 0 bridgehead atoms. The van der Waals surface area contributed by atoms with Gasteiger partial charge >= 0.3 is 5.97 Å². The molecule has 0 saturated carbocycles. The van der Waals surface area contributed by atoms with Crippen LogP contribution in [0.5, 0.6) is 5.75 Å². The van der Waals surface area contributed by atoms with E-state index in [1.165, 1.54) is 6.07 Å². The number of benzene rings is 2. The van der Waals surface area contributed by atoms with Gasteiger partial charge in [0.2, 0.25) is 5.43 Å². The summed E-state index contributed by atoms with van der Waals surface area (Å²) in [6.07, 6.45) is 0. The highest BCUT2D eigenvalue weighted by Crippen LogP contribution is 2.22.